The van der Waals surface area contributed by atoms with E-state index in [1.807, 2.05) is 43.3 Å². The number of carbonyl (C=O) groups excluding carboxylic acids is 1. The Hall–Kier alpha value is -3.55. The number of rotatable bonds is 7. The summed E-state index contributed by atoms with van der Waals surface area (Å²) in [6.07, 6.45) is -4.47. The molecular weight excluding hydrogens is 487 g/mol. The van der Waals surface area contributed by atoms with Crippen LogP contribution in [0, 0.1) is 0 Å². The molecule has 186 valence electrons. The summed E-state index contributed by atoms with van der Waals surface area (Å²) in [4.78, 5) is 14.4. The van der Waals surface area contributed by atoms with E-state index in [2.05, 4.69) is 5.32 Å². The molecule has 0 unspecified atom stereocenters. The maximum absolute atomic E-state index is 13.5. The van der Waals surface area contributed by atoms with E-state index in [4.69, 9.17) is 11.6 Å². The van der Waals surface area contributed by atoms with E-state index < -0.39 is 11.7 Å². The van der Waals surface area contributed by atoms with Gasteiger partial charge in [0.2, 0.25) is 0 Å². The highest BCUT2D eigenvalue weighted by molar-refractivity contribution is 6.30. The number of likely N-dealkylation sites (N-methyl/N-ethyl adjacent to an activating group) is 1. The van der Waals surface area contributed by atoms with Crippen LogP contribution in [-0.2, 0) is 6.18 Å². The minimum Gasteiger partial charge on any atom is -0.351 e. The number of benzene rings is 3. The van der Waals surface area contributed by atoms with Crippen LogP contribution < -0.4 is 5.32 Å². The fourth-order valence-electron chi connectivity index (χ4n) is 3.89. The number of hydrogen-bond acceptors (Lipinski definition) is 2. The van der Waals surface area contributed by atoms with Gasteiger partial charge < -0.3 is 14.8 Å². The average molecular weight is 512 g/mol. The third kappa shape index (κ3) is 5.80. The van der Waals surface area contributed by atoms with Gasteiger partial charge in [0.1, 0.15) is 0 Å². The van der Waals surface area contributed by atoms with Crippen molar-refractivity contribution in [3.8, 4) is 28.2 Å². The number of carbonyl (C=O) groups is 1. The molecule has 0 saturated heterocycles. The molecule has 0 aliphatic rings. The van der Waals surface area contributed by atoms with Crippen molar-refractivity contribution in [1.29, 1.82) is 0 Å². The van der Waals surface area contributed by atoms with E-state index in [1.165, 1.54) is 6.07 Å². The molecule has 0 spiro atoms. The lowest BCUT2D eigenvalue weighted by molar-refractivity contribution is -0.137. The highest BCUT2D eigenvalue weighted by Gasteiger charge is 2.31. The van der Waals surface area contributed by atoms with Gasteiger partial charge >= 0.3 is 6.18 Å². The zero-order valence-electron chi connectivity index (χ0n) is 19.8. The van der Waals surface area contributed by atoms with Gasteiger partial charge in [0.25, 0.3) is 5.91 Å². The zero-order chi connectivity index (χ0) is 25.9. The minimum atomic E-state index is -4.47. The normalized spacial score (nSPS) is 11.6. The Morgan fingerprint density at radius 1 is 0.889 bits per heavy atom. The molecular formula is C28H25ClF3N3O. The SMILES string of the molecule is CN(C)CCNC(=O)c1ccc(-c2ccc(-c3ccc(Cl)cc3)n2-c2cccc(C(F)(F)F)c2)cc1. The lowest BCUT2D eigenvalue weighted by Crippen LogP contribution is -2.31. The van der Waals surface area contributed by atoms with Crippen LogP contribution in [0.3, 0.4) is 0 Å². The molecule has 4 rings (SSSR count). The number of nitrogens with zero attached hydrogens (tertiary/aromatic N) is 2. The smallest absolute Gasteiger partial charge is 0.351 e. The molecule has 0 atom stereocenters. The molecule has 4 aromatic rings. The van der Waals surface area contributed by atoms with E-state index >= 15 is 0 Å². The van der Waals surface area contributed by atoms with E-state index in [-0.39, 0.29) is 5.91 Å². The Labute approximate surface area is 212 Å². The van der Waals surface area contributed by atoms with Crippen molar-refractivity contribution >= 4 is 17.5 Å². The summed E-state index contributed by atoms with van der Waals surface area (Å²) in [5, 5.41) is 3.44. The standard InChI is InChI=1S/C28H25ClF3N3O/c1-34(2)17-16-33-27(36)21-8-6-19(7-9-21)25-14-15-26(20-10-12-23(29)13-11-20)35(25)24-5-3-4-22(18-24)28(30,31)32/h3-15,18H,16-17H2,1-2H3,(H,33,36). The second kappa shape index (κ2) is 10.6. The van der Waals surface area contributed by atoms with Crippen LogP contribution in [0.1, 0.15) is 15.9 Å². The van der Waals surface area contributed by atoms with E-state index in [0.717, 1.165) is 29.8 Å². The fraction of sp³-hybridized carbons (Fsp3) is 0.179. The highest BCUT2D eigenvalue weighted by Crippen LogP contribution is 2.36. The van der Waals surface area contributed by atoms with Crippen LogP contribution in [0.25, 0.3) is 28.2 Å². The van der Waals surface area contributed by atoms with Crippen LogP contribution in [0.15, 0.2) is 84.9 Å². The first-order valence-electron chi connectivity index (χ1n) is 11.3. The van der Waals surface area contributed by atoms with Gasteiger partial charge in [-0.05, 0) is 79.8 Å². The Balaban J connectivity index is 1.75. The van der Waals surface area contributed by atoms with Gasteiger partial charge in [-0.25, -0.2) is 0 Å². The monoisotopic (exact) mass is 511 g/mol. The molecule has 4 nitrogen and oxygen atoms in total. The van der Waals surface area contributed by atoms with Gasteiger partial charge in [-0.2, -0.15) is 13.2 Å². The molecule has 1 aromatic heterocycles. The number of hydrogen-bond donors (Lipinski definition) is 1. The fourth-order valence-corrected chi connectivity index (χ4v) is 4.02. The maximum atomic E-state index is 13.5. The molecule has 8 heteroatoms. The number of halogens is 4. The lowest BCUT2D eigenvalue weighted by Gasteiger charge is -2.16. The van der Waals surface area contributed by atoms with Crippen molar-refractivity contribution in [3.63, 3.8) is 0 Å². The first kappa shape index (κ1) is 25.5. The molecule has 3 aromatic carbocycles. The number of alkyl halides is 3. The van der Waals surface area contributed by atoms with Gasteiger partial charge in [0.15, 0.2) is 0 Å². The molecule has 0 fully saturated rings. The molecule has 0 radical (unpaired) electrons. The Morgan fingerprint density at radius 2 is 1.47 bits per heavy atom. The molecule has 0 bridgehead atoms. The molecule has 1 heterocycles. The van der Waals surface area contributed by atoms with E-state index in [9.17, 15) is 18.0 Å². The Morgan fingerprint density at radius 3 is 2.03 bits per heavy atom. The number of aromatic nitrogens is 1. The first-order chi connectivity index (χ1) is 17.1. The second-order valence-electron chi connectivity index (χ2n) is 8.63. The van der Waals surface area contributed by atoms with Crippen molar-refractivity contribution in [2.75, 3.05) is 27.2 Å². The van der Waals surface area contributed by atoms with Crippen molar-refractivity contribution < 1.29 is 18.0 Å². The topological polar surface area (TPSA) is 37.3 Å². The molecule has 0 aliphatic heterocycles. The summed E-state index contributed by atoms with van der Waals surface area (Å²) in [5.41, 5.74) is 3.13. The third-order valence-electron chi connectivity index (χ3n) is 5.74. The number of nitrogens with one attached hydrogen (secondary N) is 1. The summed E-state index contributed by atoms with van der Waals surface area (Å²) in [5.74, 6) is -0.182. The van der Waals surface area contributed by atoms with Crippen LogP contribution in [0.2, 0.25) is 5.02 Å². The van der Waals surface area contributed by atoms with Crippen molar-refractivity contribution in [3.05, 3.63) is 101 Å². The highest BCUT2D eigenvalue weighted by atomic mass is 35.5. The summed E-state index contributed by atoms with van der Waals surface area (Å²) in [6.45, 7) is 1.25. The maximum Gasteiger partial charge on any atom is 0.416 e. The molecule has 1 N–H and O–H groups in total. The van der Waals surface area contributed by atoms with Crippen LogP contribution >= 0.6 is 11.6 Å². The van der Waals surface area contributed by atoms with Gasteiger partial charge in [0.05, 0.1) is 17.0 Å². The summed E-state index contributed by atoms with van der Waals surface area (Å²) >= 11 is 6.05. The van der Waals surface area contributed by atoms with Gasteiger partial charge in [0, 0.05) is 29.4 Å². The largest absolute Gasteiger partial charge is 0.416 e. The number of amides is 1. The van der Waals surface area contributed by atoms with Crippen molar-refractivity contribution in [2.45, 2.75) is 6.18 Å². The minimum absolute atomic E-state index is 0.182. The molecule has 1 amide bonds. The second-order valence-corrected chi connectivity index (χ2v) is 9.07. The molecule has 0 aliphatic carbocycles. The summed E-state index contributed by atoms with van der Waals surface area (Å²) < 4.78 is 42.3. The van der Waals surface area contributed by atoms with Gasteiger partial charge in [-0.15, -0.1) is 0 Å². The summed E-state index contributed by atoms with van der Waals surface area (Å²) in [7, 11) is 3.86. The Kier molecular flexibility index (Phi) is 7.52. The van der Waals surface area contributed by atoms with E-state index in [0.29, 0.717) is 34.2 Å². The van der Waals surface area contributed by atoms with Crippen LogP contribution in [-0.4, -0.2) is 42.6 Å². The molecule has 0 saturated carbocycles. The van der Waals surface area contributed by atoms with Gasteiger partial charge in [-0.1, -0.05) is 41.9 Å². The Bertz CT molecular complexity index is 1340. The predicted molar refractivity (Wildman–Crippen MR) is 138 cm³/mol. The third-order valence-corrected chi connectivity index (χ3v) is 5.99. The summed E-state index contributed by atoms with van der Waals surface area (Å²) in [6, 6.07) is 23.1. The van der Waals surface area contributed by atoms with Crippen LogP contribution in [0.4, 0.5) is 13.2 Å². The van der Waals surface area contributed by atoms with Gasteiger partial charge in [-0.3, -0.25) is 4.79 Å². The van der Waals surface area contributed by atoms with Crippen molar-refractivity contribution in [1.82, 2.24) is 14.8 Å². The predicted octanol–water partition coefficient (Wildman–Crippen LogP) is 6.77. The van der Waals surface area contributed by atoms with Crippen LogP contribution in [0.5, 0.6) is 0 Å². The first-order valence-corrected chi connectivity index (χ1v) is 11.7. The lowest BCUT2D eigenvalue weighted by atomic mass is 10.1. The quantitative estimate of drug-likeness (QED) is 0.297. The zero-order valence-corrected chi connectivity index (χ0v) is 20.6. The molecule has 36 heavy (non-hydrogen) atoms. The van der Waals surface area contributed by atoms with E-state index in [1.54, 1.807) is 47.0 Å². The average Bonchev–Trinajstić information content (AvgIpc) is 3.29. The van der Waals surface area contributed by atoms with Crippen molar-refractivity contribution in [2.24, 2.45) is 0 Å².